The summed E-state index contributed by atoms with van der Waals surface area (Å²) in [6.45, 7) is 4.95. The standard InChI is InChI=1S/C19H22FIN4O/c1-13-18-7-6-17(26-16-4-2-15(21)3-5-16)12-24(18)8-9-25(13)19-22-10-14(20)11-23-19/h2-5,10-11,13,17-18H,6-9,12H2,1H3/t13?,17-,18+/m1/s1. The molecule has 5 nitrogen and oxygen atoms in total. The lowest BCUT2D eigenvalue weighted by Crippen LogP contribution is -2.62. The van der Waals surface area contributed by atoms with Gasteiger partial charge in [-0.15, -0.1) is 0 Å². The van der Waals surface area contributed by atoms with Crippen LogP contribution in [0.4, 0.5) is 10.3 Å². The summed E-state index contributed by atoms with van der Waals surface area (Å²) in [6, 6.07) is 8.99. The van der Waals surface area contributed by atoms with E-state index in [1.807, 2.05) is 12.1 Å². The maximum atomic E-state index is 13.1. The minimum Gasteiger partial charge on any atom is -0.489 e. The Morgan fingerprint density at radius 2 is 1.85 bits per heavy atom. The minimum absolute atomic E-state index is 0.229. The molecule has 1 aromatic heterocycles. The summed E-state index contributed by atoms with van der Waals surface area (Å²) in [6.07, 6.45) is 4.83. The molecule has 2 aliphatic rings. The van der Waals surface area contributed by atoms with Gasteiger partial charge in [-0.25, -0.2) is 14.4 Å². The largest absolute Gasteiger partial charge is 0.489 e. The molecule has 1 unspecified atom stereocenters. The van der Waals surface area contributed by atoms with Gasteiger partial charge in [-0.1, -0.05) is 0 Å². The molecule has 7 heteroatoms. The van der Waals surface area contributed by atoms with E-state index in [1.165, 1.54) is 16.0 Å². The third-order valence-electron chi connectivity index (χ3n) is 5.35. The molecule has 2 fully saturated rings. The van der Waals surface area contributed by atoms with Crippen LogP contribution >= 0.6 is 22.6 Å². The second-order valence-electron chi connectivity index (χ2n) is 6.97. The molecule has 2 aromatic rings. The van der Waals surface area contributed by atoms with Crippen LogP contribution in [-0.2, 0) is 0 Å². The average Bonchev–Trinajstić information content (AvgIpc) is 2.65. The summed E-state index contributed by atoms with van der Waals surface area (Å²) in [4.78, 5) is 13.0. The van der Waals surface area contributed by atoms with E-state index in [4.69, 9.17) is 4.74 Å². The first-order chi connectivity index (χ1) is 12.6. The topological polar surface area (TPSA) is 41.5 Å². The Morgan fingerprint density at radius 1 is 1.12 bits per heavy atom. The first-order valence-corrected chi connectivity index (χ1v) is 10.1. The van der Waals surface area contributed by atoms with E-state index in [0.29, 0.717) is 18.0 Å². The third-order valence-corrected chi connectivity index (χ3v) is 6.07. The monoisotopic (exact) mass is 468 g/mol. The van der Waals surface area contributed by atoms with Gasteiger partial charge in [0.05, 0.1) is 12.4 Å². The smallest absolute Gasteiger partial charge is 0.225 e. The van der Waals surface area contributed by atoms with E-state index in [0.717, 1.165) is 38.2 Å². The number of nitrogens with zero attached hydrogens (tertiary/aromatic N) is 4. The molecule has 2 saturated heterocycles. The average molecular weight is 468 g/mol. The van der Waals surface area contributed by atoms with Crippen LogP contribution in [0.2, 0.25) is 0 Å². The highest BCUT2D eigenvalue weighted by atomic mass is 127. The molecule has 3 heterocycles. The Morgan fingerprint density at radius 3 is 2.58 bits per heavy atom. The fourth-order valence-electron chi connectivity index (χ4n) is 4.02. The van der Waals surface area contributed by atoms with Crippen LogP contribution in [0.5, 0.6) is 5.75 Å². The van der Waals surface area contributed by atoms with Crippen molar-refractivity contribution in [2.24, 2.45) is 0 Å². The summed E-state index contributed by atoms with van der Waals surface area (Å²) < 4.78 is 20.5. The minimum atomic E-state index is -0.395. The molecule has 4 rings (SSSR count). The highest BCUT2D eigenvalue weighted by molar-refractivity contribution is 14.1. The van der Waals surface area contributed by atoms with Crippen molar-refractivity contribution in [2.75, 3.05) is 24.5 Å². The van der Waals surface area contributed by atoms with Gasteiger partial charge in [-0.2, -0.15) is 0 Å². The van der Waals surface area contributed by atoms with E-state index in [2.05, 4.69) is 61.4 Å². The van der Waals surface area contributed by atoms with Crippen molar-refractivity contribution < 1.29 is 9.13 Å². The highest BCUT2D eigenvalue weighted by Gasteiger charge is 2.39. The third kappa shape index (κ3) is 3.78. The fourth-order valence-corrected chi connectivity index (χ4v) is 4.38. The van der Waals surface area contributed by atoms with Crippen molar-refractivity contribution in [1.29, 1.82) is 0 Å². The zero-order chi connectivity index (χ0) is 18.1. The quantitative estimate of drug-likeness (QED) is 0.647. The van der Waals surface area contributed by atoms with E-state index in [1.54, 1.807) is 0 Å². The van der Waals surface area contributed by atoms with Gasteiger partial charge in [0.2, 0.25) is 5.95 Å². The molecule has 0 spiro atoms. The zero-order valence-corrected chi connectivity index (χ0v) is 16.8. The summed E-state index contributed by atoms with van der Waals surface area (Å²) in [5.74, 6) is 1.17. The van der Waals surface area contributed by atoms with Crippen molar-refractivity contribution in [3.63, 3.8) is 0 Å². The molecular formula is C19H22FIN4O. The molecule has 26 heavy (non-hydrogen) atoms. The lowest BCUT2D eigenvalue weighted by molar-refractivity contribution is 0.0286. The second kappa shape index (κ2) is 7.64. The van der Waals surface area contributed by atoms with E-state index in [-0.39, 0.29) is 6.10 Å². The number of halogens is 2. The predicted octanol–water partition coefficient (Wildman–Crippen LogP) is 3.34. The molecule has 0 N–H and O–H groups in total. The molecule has 0 saturated carbocycles. The molecule has 3 atom stereocenters. The van der Waals surface area contributed by atoms with Crippen LogP contribution < -0.4 is 9.64 Å². The number of hydrogen-bond donors (Lipinski definition) is 0. The number of fused-ring (bicyclic) bond motifs is 1. The van der Waals surface area contributed by atoms with Crippen LogP contribution in [0.3, 0.4) is 0 Å². The zero-order valence-electron chi connectivity index (χ0n) is 14.7. The van der Waals surface area contributed by atoms with Gasteiger partial charge in [-0.05, 0) is 66.6 Å². The predicted molar refractivity (Wildman–Crippen MR) is 107 cm³/mol. The Labute approximate surface area is 166 Å². The van der Waals surface area contributed by atoms with Crippen molar-refractivity contribution in [3.05, 3.63) is 46.0 Å². The van der Waals surface area contributed by atoms with Crippen molar-refractivity contribution in [2.45, 2.75) is 38.0 Å². The number of piperazine rings is 1. The van der Waals surface area contributed by atoms with Crippen molar-refractivity contribution in [1.82, 2.24) is 14.9 Å². The van der Waals surface area contributed by atoms with E-state index >= 15 is 0 Å². The fraction of sp³-hybridized carbons (Fsp3) is 0.474. The summed E-state index contributed by atoms with van der Waals surface area (Å²) >= 11 is 2.30. The van der Waals surface area contributed by atoms with Gasteiger partial charge in [0.1, 0.15) is 11.9 Å². The van der Waals surface area contributed by atoms with E-state index in [9.17, 15) is 4.39 Å². The maximum absolute atomic E-state index is 13.1. The molecule has 0 radical (unpaired) electrons. The van der Waals surface area contributed by atoms with Crippen molar-refractivity contribution in [3.8, 4) is 5.75 Å². The Balaban J connectivity index is 1.40. The number of ether oxygens (including phenoxy) is 1. The van der Waals surface area contributed by atoms with Crippen LogP contribution in [-0.4, -0.2) is 52.7 Å². The number of anilines is 1. The molecule has 1 aromatic carbocycles. The molecular weight excluding hydrogens is 446 g/mol. The van der Waals surface area contributed by atoms with E-state index < -0.39 is 5.82 Å². The summed E-state index contributed by atoms with van der Waals surface area (Å²) in [5, 5.41) is 0. The number of benzene rings is 1. The Bertz CT molecular complexity index is 742. The molecule has 0 amide bonds. The van der Waals surface area contributed by atoms with Crippen LogP contribution in [0, 0.1) is 9.39 Å². The molecule has 138 valence electrons. The number of aromatic nitrogens is 2. The van der Waals surface area contributed by atoms with Crippen LogP contribution in [0.15, 0.2) is 36.7 Å². The molecule has 0 aliphatic carbocycles. The first kappa shape index (κ1) is 17.9. The molecule has 2 aliphatic heterocycles. The van der Waals surface area contributed by atoms with Gasteiger partial charge in [0.15, 0.2) is 5.82 Å². The van der Waals surface area contributed by atoms with Gasteiger partial charge in [0.25, 0.3) is 0 Å². The van der Waals surface area contributed by atoms with Crippen LogP contribution in [0.25, 0.3) is 0 Å². The van der Waals surface area contributed by atoms with Crippen LogP contribution in [0.1, 0.15) is 19.8 Å². The summed E-state index contributed by atoms with van der Waals surface area (Å²) in [7, 11) is 0. The number of rotatable bonds is 3. The maximum Gasteiger partial charge on any atom is 0.225 e. The second-order valence-corrected chi connectivity index (χ2v) is 8.21. The lowest BCUT2D eigenvalue weighted by atomic mass is 9.92. The van der Waals surface area contributed by atoms with Crippen molar-refractivity contribution >= 4 is 28.5 Å². The Kier molecular flexibility index (Phi) is 5.26. The first-order valence-electron chi connectivity index (χ1n) is 9.00. The highest BCUT2D eigenvalue weighted by Crippen LogP contribution is 2.30. The van der Waals surface area contributed by atoms with Gasteiger partial charge >= 0.3 is 0 Å². The van der Waals surface area contributed by atoms with Gasteiger partial charge in [-0.3, -0.25) is 4.90 Å². The number of piperidine rings is 1. The number of hydrogen-bond acceptors (Lipinski definition) is 5. The van der Waals surface area contributed by atoms with Gasteiger partial charge < -0.3 is 9.64 Å². The lowest BCUT2D eigenvalue weighted by Gasteiger charge is -2.50. The molecule has 0 bridgehead atoms. The summed E-state index contributed by atoms with van der Waals surface area (Å²) in [5.41, 5.74) is 0. The Hall–Kier alpha value is -1.48. The normalized spacial score (nSPS) is 26.4. The van der Waals surface area contributed by atoms with Gasteiger partial charge in [0, 0.05) is 35.3 Å². The SMILES string of the molecule is CC1[C@@H]2CC[C@@H](Oc3ccc(I)cc3)CN2CCN1c1ncc(F)cn1.